The van der Waals surface area contributed by atoms with Gasteiger partial charge in [-0.2, -0.15) is 0 Å². The number of aryl methyl sites for hydroxylation is 2. The van der Waals surface area contributed by atoms with E-state index in [1.165, 1.54) is 0 Å². The molecule has 3 rings (SSSR count). The van der Waals surface area contributed by atoms with Crippen molar-refractivity contribution in [3.05, 3.63) is 64.3 Å². The lowest BCUT2D eigenvalue weighted by Crippen LogP contribution is -2.18. The number of nitrogens with one attached hydrogen (secondary N) is 1. The van der Waals surface area contributed by atoms with Gasteiger partial charge in [-0.25, -0.2) is 0 Å². The number of aromatic nitrogens is 1. The number of hydrogen-bond donors (Lipinski definition) is 1. The molecule has 1 amide bonds. The summed E-state index contributed by atoms with van der Waals surface area (Å²) in [6.45, 7) is 4.32. The van der Waals surface area contributed by atoms with Crippen LogP contribution >= 0.6 is 15.9 Å². The third kappa shape index (κ3) is 3.07. The van der Waals surface area contributed by atoms with E-state index in [4.69, 9.17) is 0 Å². The quantitative estimate of drug-likeness (QED) is 0.727. The molecule has 2 aromatic carbocycles. The number of anilines is 1. The first-order valence-corrected chi connectivity index (χ1v) is 7.94. The van der Waals surface area contributed by atoms with Crippen molar-refractivity contribution in [1.82, 2.24) is 4.57 Å². The van der Waals surface area contributed by atoms with Crippen molar-refractivity contribution < 1.29 is 4.79 Å². The zero-order valence-corrected chi connectivity index (χ0v) is 14.1. The number of carbonyl (C=O) groups is 1. The van der Waals surface area contributed by atoms with Crippen LogP contribution in [0.15, 0.2) is 53.1 Å². The van der Waals surface area contributed by atoms with Gasteiger partial charge in [0, 0.05) is 27.3 Å². The standard InChI is InChI=1S/C18H17BrN2O/c1-12-3-4-13(2)16(9-12)20-18(22)11-21-8-7-14-10-15(19)5-6-17(14)21/h3-10H,11H2,1-2H3,(H,20,22). The molecule has 0 bridgehead atoms. The number of fused-ring (bicyclic) bond motifs is 1. The Morgan fingerprint density at radius 2 is 1.95 bits per heavy atom. The lowest BCUT2D eigenvalue weighted by molar-refractivity contribution is -0.116. The van der Waals surface area contributed by atoms with Gasteiger partial charge in [-0.3, -0.25) is 4.79 Å². The van der Waals surface area contributed by atoms with E-state index >= 15 is 0 Å². The van der Waals surface area contributed by atoms with Crippen LogP contribution in [0.25, 0.3) is 10.9 Å². The first-order chi connectivity index (χ1) is 10.5. The summed E-state index contributed by atoms with van der Waals surface area (Å²) in [5.41, 5.74) is 4.14. The molecule has 3 aromatic rings. The largest absolute Gasteiger partial charge is 0.338 e. The minimum absolute atomic E-state index is 0.0193. The summed E-state index contributed by atoms with van der Waals surface area (Å²) in [5, 5.41) is 4.12. The highest BCUT2D eigenvalue weighted by Gasteiger charge is 2.08. The van der Waals surface area contributed by atoms with Crippen molar-refractivity contribution in [2.45, 2.75) is 20.4 Å². The fourth-order valence-corrected chi connectivity index (χ4v) is 2.90. The Bertz CT molecular complexity index is 851. The highest BCUT2D eigenvalue weighted by Crippen LogP contribution is 2.21. The minimum atomic E-state index is -0.0193. The van der Waals surface area contributed by atoms with E-state index < -0.39 is 0 Å². The van der Waals surface area contributed by atoms with Crippen LogP contribution in [-0.4, -0.2) is 10.5 Å². The zero-order chi connectivity index (χ0) is 15.7. The van der Waals surface area contributed by atoms with Crippen molar-refractivity contribution in [1.29, 1.82) is 0 Å². The van der Waals surface area contributed by atoms with Crippen LogP contribution < -0.4 is 5.32 Å². The molecule has 0 saturated carbocycles. The van der Waals surface area contributed by atoms with E-state index in [0.29, 0.717) is 6.54 Å². The summed E-state index contributed by atoms with van der Waals surface area (Å²) in [7, 11) is 0. The Morgan fingerprint density at radius 1 is 1.14 bits per heavy atom. The number of amides is 1. The number of rotatable bonds is 3. The molecule has 0 saturated heterocycles. The number of carbonyl (C=O) groups excluding carboxylic acids is 1. The normalized spacial score (nSPS) is 10.9. The van der Waals surface area contributed by atoms with Crippen LogP contribution in [0.4, 0.5) is 5.69 Å². The van der Waals surface area contributed by atoms with Crippen LogP contribution in [0.2, 0.25) is 0 Å². The van der Waals surface area contributed by atoms with Crippen LogP contribution in [0, 0.1) is 13.8 Å². The number of nitrogens with zero attached hydrogens (tertiary/aromatic N) is 1. The molecule has 1 N–H and O–H groups in total. The van der Waals surface area contributed by atoms with Crippen LogP contribution in [0.5, 0.6) is 0 Å². The second-order valence-electron chi connectivity index (χ2n) is 5.51. The molecular formula is C18H17BrN2O. The Morgan fingerprint density at radius 3 is 2.77 bits per heavy atom. The molecule has 0 radical (unpaired) electrons. The van der Waals surface area contributed by atoms with Crippen LogP contribution in [0.3, 0.4) is 0 Å². The van der Waals surface area contributed by atoms with E-state index in [0.717, 1.165) is 32.2 Å². The summed E-state index contributed by atoms with van der Waals surface area (Å²) < 4.78 is 3.00. The fraction of sp³-hybridized carbons (Fsp3) is 0.167. The Labute approximate surface area is 138 Å². The molecule has 0 aliphatic rings. The molecule has 0 atom stereocenters. The third-order valence-electron chi connectivity index (χ3n) is 3.71. The SMILES string of the molecule is Cc1ccc(C)c(NC(=O)Cn2ccc3cc(Br)ccc32)c1. The molecule has 0 spiro atoms. The zero-order valence-electron chi connectivity index (χ0n) is 12.6. The van der Waals surface area contributed by atoms with Crippen molar-refractivity contribution in [3.8, 4) is 0 Å². The molecule has 0 unspecified atom stereocenters. The monoisotopic (exact) mass is 356 g/mol. The molecule has 3 nitrogen and oxygen atoms in total. The maximum atomic E-state index is 12.3. The number of benzene rings is 2. The van der Waals surface area contributed by atoms with Gasteiger partial charge in [0.15, 0.2) is 0 Å². The van der Waals surface area contributed by atoms with Gasteiger partial charge >= 0.3 is 0 Å². The number of halogens is 1. The molecule has 1 aromatic heterocycles. The summed E-state index contributed by atoms with van der Waals surface area (Å²) in [6.07, 6.45) is 1.94. The molecule has 112 valence electrons. The second-order valence-corrected chi connectivity index (χ2v) is 6.43. The second kappa shape index (κ2) is 5.97. The van der Waals surface area contributed by atoms with Gasteiger partial charge in [0.05, 0.1) is 0 Å². The molecule has 4 heteroatoms. The molecular weight excluding hydrogens is 340 g/mol. The van der Waals surface area contributed by atoms with Crippen molar-refractivity contribution >= 4 is 38.4 Å². The molecule has 0 aliphatic heterocycles. The average Bonchev–Trinajstić information content (AvgIpc) is 2.85. The van der Waals surface area contributed by atoms with E-state index in [-0.39, 0.29) is 5.91 Å². The predicted octanol–water partition coefficient (Wildman–Crippen LogP) is 4.66. The lowest BCUT2D eigenvalue weighted by atomic mass is 10.1. The van der Waals surface area contributed by atoms with Gasteiger partial charge in [0.25, 0.3) is 0 Å². The van der Waals surface area contributed by atoms with Gasteiger partial charge in [0.2, 0.25) is 5.91 Å². The van der Waals surface area contributed by atoms with Crippen molar-refractivity contribution in [2.24, 2.45) is 0 Å². The Balaban J connectivity index is 1.80. The first-order valence-electron chi connectivity index (χ1n) is 7.14. The van der Waals surface area contributed by atoms with Gasteiger partial charge in [-0.05, 0) is 55.3 Å². The smallest absolute Gasteiger partial charge is 0.244 e. The molecule has 22 heavy (non-hydrogen) atoms. The van der Waals surface area contributed by atoms with Gasteiger partial charge < -0.3 is 9.88 Å². The average molecular weight is 357 g/mol. The van der Waals surface area contributed by atoms with Crippen LogP contribution in [0.1, 0.15) is 11.1 Å². The van der Waals surface area contributed by atoms with E-state index in [9.17, 15) is 4.79 Å². The highest BCUT2D eigenvalue weighted by atomic mass is 79.9. The van der Waals surface area contributed by atoms with E-state index in [1.54, 1.807) is 0 Å². The maximum Gasteiger partial charge on any atom is 0.244 e. The van der Waals surface area contributed by atoms with Gasteiger partial charge in [-0.15, -0.1) is 0 Å². The summed E-state index contributed by atoms with van der Waals surface area (Å²) in [5.74, 6) is -0.0193. The van der Waals surface area contributed by atoms with Gasteiger partial charge in [0.1, 0.15) is 6.54 Å². The Kier molecular flexibility index (Phi) is 4.03. The lowest BCUT2D eigenvalue weighted by Gasteiger charge is -2.10. The summed E-state index contributed by atoms with van der Waals surface area (Å²) in [4.78, 5) is 12.3. The Hall–Kier alpha value is -2.07. The molecule has 1 heterocycles. The highest BCUT2D eigenvalue weighted by molar-refractivity contribution is 9.10. The third-order valence-corrected chi connectivity index (χ3v) is 4.21. The van der Waals surface area contributed by atoms with Crippen molar-refractivity contribution in [3.63, 3.8) is 0 Å². The molecule has 0 aliphatic carbocycles. The number of hydrogen-bond acceptors (Lipinski definition) is 1. The van der Waals surface area contributed by atoms with Crippen molar-refractivity contribution in [2.75, 3.05) is 5.32 Å². The van der Waals surface area contributed by atoms with E-state index in [1.807, 2.05) is 61.0 Å². The topological polar surface area (TPSA) is 34.0 Å². The summed E-state index contributed by atoms with van der Waals surface area (Å²) in [6, 6.07) is 14.1. The molecule has 0 fully saturated rings. The first kappa shape index (κ1) is 14.9. The van der Waals surface area contributed by atoms with Gasteiger partial charge in [-0.1, -0.05) is 28.1 Å². The fourth-order valence-electron chi connectivity index (χ4n) is 2.52. The minimum Gasteiger partial charge on any atom is -0.338 e. The summed E-state index contributed by atoms with van der Waals surface area (Å²) >= 11 is 3.46. The maximum absolute atomic E-state index is 12.3. The predicted molar refractivity (Wildman–Crippen MR) is 94.2 cm³/mol. The van der Waals surface area contributed by atoms with Crippen LogP contribution in [-0.2, 0) is 11.3 Å². The van der Waals surface area contributed by atoms with E-state index in [2.05, 4.69) is 27.3 Å².